The van der Waals surface area contributed by atoms with Crippen LogP contribution in [0.2, 0.25) is 0 Å². The summed E-state index contributed by atoms with van der Waals surface area (Å²) < 4.78 is 25.8. The fourth-order valence-corrected chi connectivity index (χ4v) is 2.83. The van der Waals surface area contributed by atoms with Gasteiger partial charge in [-0.15, -0.1) is 0 Å². The van der Waals surface area contributed by atoms with Crippen LogP contribution < -0.4 is 15.2 Å². The van der Waals surface area contributed by atoms with Crippen LogP contribution in [-0.4, -0.2) is 7.11 Å². The zero-order chi connectivity index (χ0) is 15.6. The molecule has 4 heteroatoms. The summed E-state index contributed by atoms with van der Waals surface area (Å²) in [6, 6.07) is 13.0. The van der Waals surface area contributed by atoms with Crippen molar-refractivity contribution in [3.63, 3.8) is 0 Å². The maximum atomic E-state index is 14.9. The Kier molecular flexibility index (Phi) is 4.03. The Bertz CT molecular complexity index is 654. The zero-order valence-corrected chi connectivity index (χ0v) is 12.6. The highest BCUT2D eigenvalue weighted by Crippen LogP contribution is 2.45. The first-order valence-corrected chi connectivity index (χ1v) is 7.46. The molecule has 0 atom stereocenters. The van der Waals surface area contributed by atoms with Crippen LogP contribution in [0.5, 0.6) is 11.5 Å². The molecule has 22 heavy (non-hydrogen) atoms. The fraction of sp³-hybridized carbons (Fsp3) is 0.333. The molecule has 0 saturated heterocycles. The van der Waals surface area contributed by atoms with Gasteiger partial charge in [0.05, 0.1) is 12.7 Å². The highest BCUT2D eigenvalue weighted by Gasteiger charge is 2.40. The molecular weight excluding hydrogens is 281 g/mol. The van der Waals surface area contributed by atoms with Crippen LogP contribution in [0.1, 0.15) is 30.4 Å². The van der Waals surface area contributed by atoms with E-state index in [1.807, 2.05) is 30.3 Å². The molecule has 0 bridgehead atoms. The molecular formula is C18H20FNO2. The van der Waals surface area contributed by atoms with Crippen LogP contribution in [0.25, 0.3) is 0 Å². The van der Waals surface area contributed by atoms with Crippen molar-refractivity contribution in [3.05, 3.63) is 59.4 Å². The number of hydrogen-bond acceptors (Lipinski definition) is 3. The first-order chi connectivity index (χ1) is 10.6. The van der Waals surface area contributed by atoms with Gasteiger partial charge in [0.2, 0.25) is 0 Å². The third kappa shape index (κ3) is 2.66. The van der Waals surface area contributed by atoms with Crippen LogP contribution in [0, 0.1) is 5.82 Å². The normalized spacial score (nSPS) is 16.0. The highest BCUT2D eigenvalue weighted by molar-refractivity contribution is 5.47. The summed E-state index contributed by atoms with van der Waals surface area (Å²) in [7, 11) is 1.53. The second-order valence-electron chi connectivity index (χ2n) is 5.74. The van der Waals surface area contributed by atoms with E-state index in [2.05, 4.69) is 0 Å². The summed E-state index contributed by atoms with van der Waals surface area (Å²) >= 11 is 0. The Morgan fingerprint density at radius 2 is 1.77 bits per heavy atom. The van der Waals surface area contributed by atoms with E-state index in [1.54, 1.807) is 12.1 Å². The van der Waals surface area contributed by atoms with Crippen molar-refractivity contribution in [1.82, 2.24) is 0 Å². The minimum atomic E-state index is -0.637. The maximum Gasteiger partial charge on any atom is 0.173 e. The van der Waals surface area contributed by atoms with Gasteiger partial charge < -0.3 is 15.2 Å². The molecule has 0 unspecified atom stereocenters. The minimum Gasteiger partial charge on any atom is -0.496 e. The number of benzene rings is 2. The van der Waals surface area contributed by atoms with E-state index in [0.29, 0.717) is 17.9 Å². The molecule has 3 nitrogen and oxygen atoms in total. The van der Waals surface area contributed by atoms with Gasteiger partial charge in [0.1, 0.15) is 12.4 Å². The third-order valence-electron chi connectivity index (χ3n) is 4.27. The summed E-state index contributed by atoms with van der Waals surface area (Å²) in [6.07, 6.45) is 2.54. The first kappa shape index (κ1) is 14.9. The molecule has 116 valence electrons. The Labute approximate surface area is 129 Å². The molecule has 2 aromatic rings. The number of nitrogens with two attached hydrogens (primary N) is 1. The van der Waals surface area contributed by atoms with E-state index in [-0.39, 0.29) is 5.75 Å². The number of halogens is 1. The van der Waals surface area contributed by atoms with Crippen LogP contribution in [-0.2, 0) is 12.1 Å². The van der Waals surface area contributed by atoms with E-state index in [0.717, 1.165) is 24.8 Å². The van der Waals surface area contributed by atoms with Crippen molar-refractivity contribution in [2.24, 2.45) is 5.73 Å². The van der Waals surface area contributed by atoms with E-state index in [1.165, 1.54) is 7.11 Å². The van der Waals surface area contributed by atoms with Gasteiger partial charge in [-0.25, -0.2) is 4.39 Å². The molecule has 3 rings (SSSR count). The lowest BCUT2D eigenvalue weighted by Crippen LogP contribution is -2.44. The van der Waals surface area contributed by atoms with Crippen LogP contribution in [0.4, 0.5) is 4.39 Å². The number of hydrogen-bond donors (Lipinski definition) is 1. The standard InChI is InChI=1S/C18H20FNO2/c1-21-14-8-9-15(22-12-13-6-3-2-4-7-13)17(19)16(14)18(20)10-5-11-18/h2-4,6-9H,5,10-12,20H2,1H3. The molecule has 0 aliphatic heterocycles. The van der Waals surface area contributed by atoms with E-state index in [4.69, 9.17) is 15.2 Å². The summed E-state index contributed by atoms with van der Waals surface area (Å²) in [5.74, 6) is 0.306. The van der Waals surface area contributed by atoms with Gasteiger partial charge in [-0.1, -0.05) is 30.3 Å². The smallest absolute Gasteiger partial charge is 0.173 e. The highest BCUT2D eigenvalue weighted by atomic mass is 19.1. The quantitative estimate of drug-likeness (QED) is 0.914. The van der Waals surface area contributed by atoms with Gasteiger partial charge in [0.15, 0.2) is 11.6 Å². The number of rotatable bonds is 5. The summed E-state index contributed by atoms with van der Waals surface area (Å²) in [5.41, 5.74) is 7.09. The second kappa shape index (κ2) is 5.97. The zero-order valence-electron chi connectivity index (χ0n) is 12.6. The van der Waals surface area contributed by atoms with Crippen molar-refractivity contribution >= 4 is 0 Å². The van der Waals surface area contributed by atoms with Crippen LogP contribution in [0.15, 0.2) is 42.5 Å². The maximum absolute atomic E-state index is 14.9. The topological polar surface area (TPSA) is 44.5 Å². The molecule has 0 aromatic heterocycles. The molecule has 2 N–H and O–H groups in total. The van der Waals surface area contributed by atoms with Gasteiger partial charge in [0, 0.05) is 5.54 Å². The predicted molar refractivity (Wildman–Crippen MR) is 83.4 cm³/mol. The summed E-state index contributed by atoms with van der Waals surface area (Å²) in [4.78, 5) is 0. The van der Waals surface area contributed by atoms with Crippen molar-refractivity contribution in [2.45, 2.75) is 31.4 Å². The van der Waals surface area contributed by atoms with Gasteiger partial charge in [0.25, 0.3) is 0 Å². The first-order valence-electron chi connectivity index (χ1n) is 7.46. The fourth-order valence-electron chi connectivity index (χ4n) is 2.83. The van der Waals surface area contributed by atoms with Gasteiger partial charge in [-0.2, -0.15) is 0 Å². The lowest BCUT2D eigenvalue weighted by Gasteiger charge is -2.39. The van der Waals surface area contributed by atoms with Crippen molar-refractivity contribution in [3.8, 4) is 11.5 Å². The molecule has 1 aliphatic carbocycles. The van der Waals surface area contributed by atoms with Gasteiger partial charge >= 0.3 is 0 Å². The molecule has 1 fully saturated rings. The van der Waals surface area contributed by atoms with Crippen molar-refractivity contribution in [2.75, 3.05) is 7.11 Å². The van der Waals surface area contributed by atoms with E-state index in [9.17, 15) is 4.39 Å². The molecule has 1 saturated carbocycles. The second-order valence-corrected chi connectivity index (χ2v) is 5.74. The molecule has 2 aromatic carbocycles. The largest absolute Gasteiger partial charge is 0.496 e. The van der Waals surface area contributed by atoms with Gasteiger partial charge in [-0.05, 0) is 37.0 Å². The molecule has 0 heterocycles. The van der Waals surface area contributed by atoms with Crippen LogP contribution in [0.3, 0.4) is 0 Å². The molecule has 1 aliphatic rings. The number of ether oxygens (including phenoxy) is 2. The average Bonchev–Trinajstić information content (AvgIpc) is 2.52. The Morgan fingerprint density at radius 1 is 1.09 bits per heavy atom. The molecule has 0 amide bonds. The Hall–Kier alpha value is -2.07. The Balaban J connectivity index is 1.88. The van der Waals surface area contributed by atoms with E-state index >= 15 is 0 Å². The predicted octanol–water partition coefficient (Wildman–Crippen LogP) is 3.75. The summed E-state index contributed by atoms with van der Waals surface area (Å²) in [6.45, 7) is 0.321. The third-order valence-corrected chi connectivity index (χ3v) is 4.27. The number of methoxy groups -OCH3 is 1. The van der Waals surface area contributed by atoms with Crippen LogP contribution >= 0.6 is 0 Å². The lowest BCUT2D eigenvalue weighted by atomic mass is 9.72. The lowest BCUT2D eigenvalue weighted by molar-refractivity contribution is 0.227. The Morgan fingerprint density at radius 3 is 2.36 bits per heavy atom. The minimum absolute atomic E-state index is 0.219. The van der Waals surface area contributed by atoms with Crippen molar-refractivity contribution < 1.29 is 13.9 Å². The molecule has 0 spiro atoms. The average molecular weight is 301 g/mol. The molecule has 0 radical (unpaired) electrons. The van der Waals surface area contributed by atoms with E-state index < -0.39 is 11.4 Å². The summed E-state index contributed by atoms with van der Waals surface area (Å²) in [5, 5.41) is 0. The monoisotopic (exact) mass is 301 g/mol. The SMILES string of the molecule is COc1ccc(OCc2ccccc2)c(F)c1C1(N)CCC1. The van der Waals surface area contributed by atoms with Crippen molar-refractivity contribution in [1.29, 1.82) is 0 Å². The van der Waals surface area contributed by atoms with Gasteiger partial charge in [-0.3, -0.25) is 0 Å².